The molecule has 2 aliphatic heterocycles. The summed E-state index contributed by atoms with van der Waals surface area (Å²) < 4.78 is 0. The minimum atomic E-state index is 0.443. The van der Waals surface area contributed by atoms with E-state index >= 15 is 0 Å². The van der Waals surface area contributed by atoms with Crippen molar-refractivity contribution in [2.45, 2.75) is 37.4 Å². The molecule has 110 valence electrons. The Balaban J connectivity index is 1.65. The van der Waals surface area contributed by atoms with Gasteiger partial charge in [-0.15, -0.1) is 0 Å². The van der Waals surface area contributed by atoms with Gasteiger partial charge in [0.1, 0.15) is 0 Å². The third-order valence-corrected chi connectivity index (χ3v) is 5.22. The molecule has 1 N–H and O–H groups in total. The van der Waals surface area contributed by atoms with Gasteiger partial charge in [0, 0.05) is 31.2 Å². The number of likely N-dealkylation sites (tertiary alicyclic amines) is 1. The Morgan fingerprint density at radius 1 is 1.15 bits per heavy atom. The van der Waals surface area contributed by atoms with Crippen molar-refractivity contribution in [1.82, 2.24) is 15.1 Å². The molecule has 0 amide bonds. The lowest BCUT2D eigenvalue weighted by Crippen LogP contribution is -2.40. The van der Waals surface area contributed by atoms with Crippen molar-refractivity contribution >= 4 is 0 Å². The van der Waals surface area contributed by atoms with Crippen molar-refractivity contribution in [2.24, 2.45) is 0 Å². The van der Waals surface area contributed by atoms with Gasteiger partial charge in [0.25, 0.3) is 0 Å². The highest BCUT2D eigenvalue weighted by Gasteiger charge is 2.34. The number of nitrogens with zero attached hydrogens (tertiary/aromatic N) is 2. The van der Waals surface area contributed by atoms with Crippen LogP contribution in [-0.2, 0) is 0 Å². The summed E-state index contributed by atoms with van der Waals surface area (Å²) in [5.74, 6) is 0. The topological polar surface area (TPSA) is 18.5 Å². The second-order valence-corrected chi connectivity index (χ2v) is 6.35. The molecular weight excluding hydrogens is 246 g/mol. The van der Waals surface area contributed by atoms with E-state index in [2.05, 4.69) is 59.5 Å². The van der Waals surface area contributed by atoms with Crippen LogP contribution in [0, 0.1) is 0 Å². The standard InChI is InChI=1S/C17H27N3/c1-18-17(14-6-4-3-5-7-14)13-20-11-10-15-8-9-16(12-20)19(15)2/h3-7,15-18H,8-13H2,1-2H3. The summed E-state index contributed by atoms with van der Waals surface area (Å²) in [6.45, 7) is 3.60. The Labute approximate surface area is 123 Å². The molecule has 3 atom stereocenters. The van der Waals surface area contributed by atoms with E-state index in [9.17, 15) is 0 Å². The van der Waals surface area contributed by atoms with E-state index in [1.807, 2.05) is 0 Å². The summed E-state index contributed by atoms with van der Waals surface area (Å²) in [6.07, 6.45) is 4.12. The molecule has 2 heterocycles. The maximum atomic E-state index is 3.49. The van der Waals surface area contributed by atoms with Crippen LogP contribution >= 0.6 is 0 Å². The molecule has 0 saturated carbocycles. The van der Waals surface area contributed by atoms with Gasteiger partial charge in [0.2, 0.25) is 0 Å². The molecular formula is C17H27N3. The average molecular weight is 273 g/mol. The van der Waals surface area contributed by atoms with Crippen molar-refractivity contribution < 1.29 is 0 Å². The molecule has 3 unspecified atom stereocenters. The molecule has 2 fully saturated rings. The van der Waals surface area contributed by atoms with Gasteiger partial charge in [-0.05, 0) is 45.5 Å². The van der Waals surface area contributed by atoms with Gasteiger partial charge in [0.15, 0.2) is 0 Å². The van der Waals surface area contributed by atoms with Gasteiger partial charge in [-0.2, -0.15) is 0 Å². The predicted octanol–water partition coefficient (Wildman–Crippen LogP) is 2.12. The van der Waals surface area contributed by atoms with E-state index < -0.39 is 0 Å². The third kappa shape index (κ3) is 2.90. The van der Waals surface area contributed by atoms with E-state index in [-0.39, 0.29) is 0 Å². The number of hydrogen-bond donors (Lipinski definition) is 1. The summed E-state index contributed by atoms with van der Waals surface area (Å²) in [7, 11) is 4.40. The first-order valence-electron chi connectivity index (χ1n) is 7.94. The smallest absolute Gasteiger partial charge is 0.0446 e. The number of rotatable bonds is 4. The number of fused-ring (bicyclic) bond motifs is 2. The third-order valence-electron chi connectivity index (χ3n) is 5.22. The fourth-order valence-corrected chi connectivity index (χ4v) is 3.85. The van der Waals surface area contributed by atoms with E-state index in [1.165, 1.54) is 37.9 Å². The lowest BCUT2D eigenvalue weighted by atomic mass is 10.0. The monoisotopic (exact) mass is 273 g/mol. The summed E-state index contributed by atoms with van der Waals surface area (Å²) in [5, 5.41) is 3.49. The zero-order valence-corrected chi connectivity index (χ0v) is 12.8. The molecule has 20 heavy (non-hydrogen) atoms. The van der Waals surface area contributed by atoms with E-state index in [0.717, 1.165) is 18.6 Å². The van der Waals surface area contributed by atoms with E-state index in [1.54, 1.807) is 0 Å². The summed E-state index contributed by atoms with van der Waals surface area (Å²) in [6, 6.07) is 12.9. The van der Waals surface area contributed by atoms with Gasteiger partial charge in [-0.25, -0.2) is 0 Å². The Bertz CT molecular complexity index is 420. The largest absolute Gasteiger partial charge is 0.312 e. The maximum Gasteiger partial charge on any atom is 0.0446 e. The highest BCUT2D eigenvalue weighted by molar-refractivity contribution is 5.19. The van der Waals surface area contributed by atoms with Crippen LogP contribution in [0.15, 0.2) is 30.3 Å². The van der Waals surface area contributed by atoms with E-state index in [0.29, 0.717) is 6.04 Å². The first kappa shape index (κ1) is 14.1. The van der Waals surface area contributed by atoms with Gasteiger partial charge >= 0.3 is 0 Å². The molecule has 2 bridgehead atoms. The van der Waals surface area contributed by atoms with Gasteiger partial charge in [-0.1, -0.05) is 30.3 Å². The van der Waals surface area contributed by atoms with Crippen LogP contribution < -0.4 is 5.32 Å². The SMILES string of the molecule is CNC(CN1CCC2CCC(C1)N2C)c1ccccc1. The Morgan fingerprint density at radius 3 is 2.65 bits per heavy atom. The lowest BCUT2D eigenvalue weighted by Gasteiger charge is -2.29. The molecule has 0 radical (unpaired) electrons. The van der Waals surface area contributed by atoms with Crippen molar-refractivity contribution in [3.8, 4) is 0 Å². The average Bonchev–Trinajstić information content (AvgIpc) is 2.73. The van der Waals surface area contributed by atoms with Crippen molar-refractivity contribution in [3.63, 3.8) is 0 Å². The minimum absolute atomic E-state index is 0.443. The fourth-order valence-electron chi connectivity index (χ4n) is 3.85. The molecule has 2 aliphatic rings. The Kier molecular flexibility index (Phi) is 4.39. The fraction of sp³-hybridized carbons (Fsp3) is 0.647. The second-order valence-electron chi connectivity index (χ2n) is 6.35. The molecule has 0 aromatic heterocycles. The molecule has 0 spiro atoms. The molecule has 0 aliphatic carbocycles. The Hall–Kier alpha value is -0.900. The van der Waals surface area contributed by atoms with Crippen molar-refractivity contribution in [1.29, 1.82) is 0 Å². The van der Waals surface area contributed by atoms with Crippen LogP contribution in [-0.4, -0.2) is 55.6 Å². The molecule has 3 rings (SSSR count). The molecule has 1 aromatic rings. The number of nitrogens with one attached hydrogen (secondary N) is 1. The zero-order valence-electron chi connectivity index (χ0n) is 12.8. The predicted molar refractivity (Wildman–Crippen MR) is 83.9 cm³/mol. The zero-order chi connectivity index (χ0) is 13.9. The molecule has 3 heteroatoms. The van der Waals surface area contributed by atoms with Crippen LogP contribution in [0.1, 0.15) is 30.9 Å². The lowest BCUT2D eigenvalue weighted by molar-refractivity contribution is 0.207. The van der Waals surface area contributed by atoms with Crippen LogP contribution in [0.5, 0.6) is 0 Å². The van der Waals surface area contributed by atoms with Gasteiger partial charge < -0.3 is 5.32 Å². The number of benzene rings is 1. The van der Waals surface area contributed by atoms with Crippen LogP contribution in [0.25, 0.3) is 0 Å². The number of hydrogen-bond acceptors (Lipinski definition) is 3. The van der Waals surface area contributed by atoms with Crippen LogP contribution in [0.2, 0.25) is 0 Å². The molecule has 2 saturated heterocycles. The Morgan fingerprint density at radius 2 is 1.90 bits per heavy atom. The molecule has 1 aromatic carbocycles. The second kappa shape index (κ2) is 6.25. The van der Waals surface area contributed by atoms with Crippen LogP contribution in [0.4, 0.5) is 0 Å². The molecule has 3 nitrogen and oxygen atoms in total. The highest BCUT2D eigenvalue weighted by atomic mass is 15.3. The first-order valence-corrected chi connectivity index (χ1v) is 7.94. The van der Waals surface area contributed by atoms with Gasteiger partial charge in [-0.3, -0.25) is 9.80 Å². The number of likely N-dealkylation sites (N-methyl/N-ethyl adjacent to an activating group) is 2. The summed E-state index contributed by atoms with van der Waals surface area (Å²) in [4.78, 5) is 5.28. The van der Waals surface area contributed by atoms with Gasteiger partial charge in [0.05, 0.1) is 0 Å². The highest BCUT2D eigenvalue weighted by Crippen LogP contribution is 2.29. The summed E-state index contributed by atoms with van der Waals surface area (Å²) >= 11 is 0. The van der Waals surface area contributed by atoms with Crippen molar-refractivity contribution in [2.75, 3.05) is 33.7 Å². The van der Waals surface area contributed by atoms with E-state index in [4.69, 9.17) is 0 Å². The quantitative estimate of drug-likeness (QED) is 0.906. The van der Waals surface area contributed by atoms with Crippen LogP contribution in [0.3, 0.4) is 0 Å². The minimum Gasteiger partial charge on any atom is -0.312 e. The maximum absolute atomic E-state index is 3.49. The first-order chi connectivity index (χ1) is 9.78. The van der Waals surface area contributed by atoms with Crippen molar-refractivity contribution in [3.05, 3.63) is 35.9 Å². The summed E-state index contributed by atoms with van der Waals surface area (Å²) in [5.41, 5.74) is 1.40. The normalized spacial score (nSPS) is 29.3.